The van der Waals surface area contributed by atoms with E-state index in [1.54, 1.807) is 6.07 Å². The lowest BCUT2D eigenvalue weighted by Gasteiger charge is -2.31. The van der Waals surface area contributed by atoms with Gasteiger partial charge in [-0.2, -0.15) is 0 Å². The SMILES string of the molecule is C1C[C@H]2CNCC1O2.Cl.O=Cc1cnc2oc3c(N4CCOCC4)nc(-c4cccc5[nH]ccc45)nc3c2c1.c1cc(-c2nc(N3CCOCC3)c3oc4ncc(CN5CC6CC[C@H](C5)O6)cc4c3n2)c2cc[nH]c2c1. The number of likely N-dealkylation sites (tertiary alicyclic amines) is 1. The molecule has 6 aliphatic heterocycles. The summed E-state index contributed by atoms with van der Waals surface area (Å²) in [5.41, 5.74) is 9.42. The highest BCUT2D eigenvalue weighted by molar-refractivity contribution is 6.08. The molecule has 2 aromatic carbocycles. The Balaban J connectivity index is 0.000000127. The van der Waals surface area contributed by atoms with Gasteiger partial charge in [0, 0.05) is 122 Å². The van der Waals surface area contributed by atoms with Crippen LogP contribution in [0.1, 0.15) is 41.6 Å². The number of rotatable bonds is 7. The zero-order chi connectivity index (χ0) is 49.8. The molecule has 0 spiro atoms. The van der Waals surface area contributed by atoms with E-state index in [0.29, 0.717) is 115 Å². The summed E-state index contributed by atoms with van der Waals surface area (Å²) >= 11 is 0. The van der Waals surface area contributed by atoms with Crippen LogP contribution in [0.2, 0.25) is 0 Å². The molecule has 0 amide bonds. The van der Waals surface area contributed by atoms with Crippen LogP contribution in [0.3, 0.4) is 0 Å². The number of hydrogen-bond donors (Lipinski definition) is 3. The normalized spacial score (nSPS) is 21.5. The average molecular weight is 1050 g/mol. The van der Waals surface area contributed by atoms with Gasteiger partial charge in [0.25, 0.3) is 0 Å². The van der Waals surface area contributed by atoms with Crippen LogP contribution in [-0.4, -0.2) is 154 Å². The van der Waals surface area contributed by atoms with Crippen molar-refractivity contribution in [3.8, 4) is 22.8 Å². The van der Waals surface area contributed by atoms with Crippen molar-refractivity contribution in [1.82, 2.24) is 50.1 Å². The van der Waals surface area contributed by atoms with E-state index in [2.05, 4.69) is 59.2 Å². The van der Waals surface area contributed by atoms with Crippen LogP contribution in [0.25, 0.3) is 89.0 Å². The Labute approximate surface area is 442 Å². The number of hydrogen-bond acceptors (Lipinski definition) is 17. The summed E-state index contributed by atoms with van der Waals surface area (Å²) in [5, 5.41) is 7.10. The molecule has 19 nitrogen and oxygen atoms in total. The second-order valence-electron chi connectivity index (χ2n) is 20.2. The molecular weight excluding hydrogens is 988 g/mol. The first-order chi connectivity index (χ1) is 37.0. The Morgan fingerprint density at radius 1 is 0.592 bits per heavy atom. The lowest BCUT2D eigenvalue weighted by molar-refractivity contribution is -0.0410. The Hall–Kier alpha value is -7.10. The quantitative estimate of drug-likeness (QED) is 0.128. The van der Waals surface area contributed by atoms with E-state index in [-0.39, 0.29) is 12.4 Å². The van der Waals surface area contributed by atoms with Crippen LogP contribution < -0.4 is 15.1 Å². The fourth-order valence-electron chi connectivity index (χ4n) is 11.6. The molecule has 16 rings (SSSR count). The molecule has 14 heterocycles. The molecule has 76 heavy (non-hydrogen) atoms. The van der Waals surface area contributed by atoms with E-state index in [1.807, 2.05) is 48.9 Å². The molecule has 8 aromatic heterocycles. The summed E-state index contributed by atoms with van der Waals surface area (Å²) < 4.78 is 35.1. The number of aromatic amines is 2. The van der Waals surface area contributed by atoms with Crippen molar-refractivity contribution in [1.29, 1.82) is 0 Å². The van der Waals surface area contributed by atoms with E-state index in [0.717, 1.165) is 113 Å². The Morgan fingerprint density at radius 3 is 1.64 bits per heavy atom. The van der Waals surface area contributed by atoms with Crippen molar-refractivity contribution in [2.45, 2.75) is 56.6 Å². The summed E-state index contributed by atoms with van der Waals surface area (Å²) in [6.45, 7) is 10.5. The Morgan fingerprint density at radius 2 is 1.11 bits per heavy atom. The average Bonchev–Trinajstić information content (AvgIpc) is 4.36. The number of aromatic nitrogens is 8. The number of nitrogens with zero attached hydrogens (tertiary/aromatic N) is 9. The Bertz CT molecular complexity index is 3710. The van der Waals surface area contributed by atoms with Crippen molar-refractivity contribution in [2.75, 3.05) is 88.6 Å². The first-order valence-corrected chi connectivity index (χ1v) is 26.2. The number of aldehydes is 1. The van der Waals surface area contributed by atoms with Crippen molar-refractivity contribution in [2.24, 2.45) is 0 Å². The summed E-state index contributed by atoms with van der Waals surface area (Å²) in [5.74, 6) is 2.82. The first kappa shape index (κ1) is 48.5. The van der Waals surface area contributed by atoms with Gasteiger partial charge in [0.15, 0.2) is 40.7 Å². The number of furan rings is 2. The van der Waals surface area contributed by atoms with Gasteiger partial charge in [-0.3, -0.25) is 9.69 Å². The number of benzene rings is 2. The van der Waals surface area contributed by atoms with Gasteiger partial charge in [0.05, 0.1) is 61.6 Å². The number of carbonyl (C=O) groups excluding carboxylic acids is 1. The second kappa shape index (κ2) is 20.8. The van der Waals surface area contributed by atoms with Gasteiger partial charge in [-0.15, -0.1) is 12.4 Å². The highest BCUT2D eigenvalue weighted by Crippen LogP contribution is 2.39. The van der Waals surface area contributed by atoms with Gasteiger partial charge < -0.3 is 52.9 Å². The number of fused-ring (bicyclic) bond motifs is 12. The zero-order valence-corrected chi connectivity index (χ0v) is 42.6. The maximum absolute atomic E-state index is 11.3. The number of H-pyrrole nitrogens is 2. The van der Waals surface area contributed by atoms with Crippen LogP contribution in [0.15, 0.2) is 94.3 Å². The van der Waals surface area contributed by atoms with Crippen molar-refractivity contribution >= 4 is 96.5 Å². The number of morpholine rings is 4. The molecule has 3 N–H and O–H groups in total. The van der Waals surface area contributed by atoms with Gasteiger partial charge in [-0.25, -0.2) is 29.9 Å². The standard InChI is InChI=1S/C28H28N6O3.C22H17N5O3.C6H11NO.ClH/c1-2-21(20-6-7-29-23(20)3-1)26-31-24-22-12-17(14-33-15-18-4-5-19(16-33)36-18)13-30-28(22)37-25(24)27(32-26)34-8-10-35-11-9-34;28-12-13-10-16-18-19(30-22(16)24-11-13)21(27-6-8-29-9-7-27)26-20(25-18)15-2-1-3-17-14(15)4-5-23-17;1-2-6-4-7-3-5(1)8-6;/h1-3,6-7,12-13,18-19,29H,4-5,8-11,14-16H2;1-5,10-12,23H,6-9H2;5-7H,1-4H2;1H/t18-,19?;;5-,6?;/m1.0./s1. The van der Waals surface area contributed by atoms with E-state index in [1.165, 1.54) is 31.9 Å². The van der Waals surface area contributed by atoms with Gasteiger partial charge in [0.2, 0.25) is 11.4 Å². The van der Waals surface area contributed by atoms with Gasteiger partial charge in [0.1, 0.15) is 11.0 Å². The maximum atomic E-state index is 11.3. The summed E-state index contributed by atoms with van der Waals surface area (Å²) in [7, 11) is 0. The predicted molar refractivity (Wildman–Crippen MR) is 291 cm³/mol. The highest BCUT2D eigenvalue weighted by Gasteiger charge is 2.34. The minimum atomic E-state index is 0. The number of nitrogens with one attached hydrogen (secondary N) is 3. The van der Waals surface area contributed by atoms with E-state index in [4.69, 9.17) is 52.7 Å². The zero-order valence-electron chi connectivity index (χ0n) is 41.8. The molecule has 10 aromatic rings. The van der Waals surface area contributed by atoms with Crippen LogP contribution in [0, 0.1) is 0 Å². The topological polar surface area (TPSA) is 211 Å². The molecule has 6 saturated heterocycles. The molecule has 4 bridgehead atoms. The summed E-state index contributed by atoms with van der Waals surface area (Å²) in [6, 6.07) is 20.3. The minimum absolute atomic E-state index is 0. The third kappa shape index (κ3) is 9.28. The maximum Gasteiger partial charge on any atom is 0.229 e. The lowest BCUT2D eigenvalue weighted by atomic mass is 10.1. The summed E-state index contributed by atoms with van der Waals surface area (Å²) in [4.78, 5) is 53.7. The largest absolute Gasteiger partial charge is 0.432 e. The number of halogens is 1. The molecular formula is C56H57ClN12O7. The number of carbonyl (C=O) groups is 1. The molecule has 2 unspecified atom stereocenters. The number of anilines is 2. The van der Waals surface area contributed by atoms with Crippen LogP contribution in [0.5, 0.6) is 0 Å². The molecule has 0 aliphatic carbocycles. The monoisotopic (exact) mass is 1040 g/mol. The fraction of sp³-hybridized carbons (Fsp3) is 0.375. The second-order valence-corrected chi connectivity index (χ2v) is 20.2. The van der Waals surface area contributed by atoms with Crippen LogP contribution in [-0.2, 0) is 25.5 Å². The van der Waals surface area contributed by atoms with Gasteiger partial charge >= 0.3 is 0 Å². The lowest BCUT2D eigenvalue weighted by Crippen LogP contribution is -2.41. The van der Waals surface area contributed by atoms with Crippen molar-refractivity contribution in [3.63, 3.8) is 0 Å². The molecule has 6 aliphatic rings. The van der Waals surface area contributed by atoms with Crippen molar-refractivity contribution in [3.05, 3.63) is 96.6 Å². The molecule has 4 atom stereocenters. The summed E-state index contributed by atoms with van der Waals surface area (Å²) in [6.07, 6.45) is 14.8. The van der Waals surface area contributed by atoms with E-state index < -0.39 is 0 Å². The highest BCUT2D eigenvalue weighted by atomic mass is 35.5. The molecule has 0 radical (unpaired) electrons. The smallest absolute Gasteiger partial charge is 0.229 e. The minimum Gasteiger partial charge on any atom is -0.432 e. The fourth-order valence-corrected chi connectivity index (χ4v) is 11.6. The molecule has 20 heteroatoms. The third-order valence-corrected chi connectivity index (χ3v) is 15.3. The predicted octanol–water partition coefficient (Wildman–Crippen LogP) is 8.25. The van der Waals surface area contributed by atoms with Crippen LogP contribution in [0.4, 0.5) is 11.6 Å². The molecule has 0 saturated carbocycles. The first-order valence-electron chi connectivity index (χ1n) is 26.2. The van der Waals surface area contributed by atoms with E-state index in [9.17, 15) is 4.79 Å². The Kier molecular flexibility index (Phi) is 13.3. The molecule has 390 valence electrons. The molecule has 6 fully saturated rings. The van der Waals surface area contributed by atoms with Crippen molar-refractivity contribution < 1.29 is 32.6 Å². The number of ether oxygens (including phenoxy) is 4. The third-order valence-electron chi connectivity index (χ3n) is 15.3. The van der Waals surface area contributed by atoms with Crippen LogP contribution >= 0.6 is 12.4 Å². The number of pyridine rings is 2. The van der Waals surface area contributed by atoms with E-state index >= 15 is 0 Å². The van der Waals surface area contributed by atoms with Gasteiger partial charge in [-0.05, 0) is 67.6 Å². The van der Waals surface area contributed by atoms with Gasteiger partial charge in [-0.1, -0.05) is 24.3 Å².